The van der Waals surface area contributed by atoms with Crippen molar-refractivity contribution in [1.29, 1.82) is 0 Å². The van der Waals surface area contributed by atoms with E-state index in [0.29, 0.717) is 29.7 Å². The molecule has 7 N–H and O–H groups in total. The Kier molecular flexibility index (Phi) is 9.57. The van der Waals surface area contributed by atoms with Gasteiger partial charge in [-0.15, -0.1) is 15.6 Å². The number of aliphatic imine (C=N–C) groups is 1. The summed E-state index contributed by atoms with van der Waals surface area (Å²) in [5.74, 6) is -1.42. The molecule has 1 aromatic heterocycles. The second-order valence-corrected chi connectivity index (χ2v) is 10.6. The third-order valence-electron chi connectivity index (χ3n) is 5.62. The van der Waals surface area contributed by atoms with Crippen molar-refractivity contribution in [3.8, 4) is 5.75 Å². The van der Waals surface area contributed by atoms with Gasteiger partial charge in [-0.05, 0) is 38.1 Å². The number of ketones is 1. The smallest absolute Gasteiger partial charge is 0.418 e. The lowest BCUT2D eigenvalue weighted by molar-refractivity contribution is -0.228. The number of hydrogen-bond donors (Lipinski definition) is 4. The molecule has 1 aliphatic heterocycles. The van der Waals surface area contributed by atoms with Gasteiger partial charge in [0.05, 0.1) is 18.0 Å². The Morgan fingerprint density at radius 1 is 1.26 bits per heavy atom. The third kappa shape index (κ3) is 7.70. The van der Waals surface area contributed by atoms with Crippen molar-refractivity contribution < 1.29 is 36.4 Å². The standard InChI is InChI=1S/C22H29N7O8S2/c1-22(2)15(20(31)29(22)37-39(32,33)34)11-17(30)18(16-12-38-21(25)27-16)28-36-10-9-35-14-5-3-13(4-6-14)19(24)26-8-7-23/h3-6,12,15H,7-11,23H2,1-2H3,(H2,24,26)(H2,25,27)(H,32,33,34)/b28-18-. The maximum atomic E-state index is 13.1. The average molecular weight is 584 g/mol. The molecular formula is C22H29N7O8S2. The quantitative estimate of drug-likeness (QED) is 0.0579. The highest BCUT2D eigenvalue weighted by Crippen LogP contribution is 2.40. The number of hydrogen-bond acceptors (Lipinski definition) is 13. The van der Waals surface area contributed by atoms with Crippen LogP contribution in [-0.4, -0.2) is 78.1 Å². The van der Waals surface area contributed by atoms with Gasteiger partial charge in [0.1, 0.15) is 23.9 Å². The molecule has 1 aliphatic rings. The molecule has 1 unspecified atom stereocenters. The number of carbonyl (C=O) groups is 2. The Hall–Kier alpha value is -3.64. The van der Waals surface area contributed by atoms with Crippen LogP contribution < -0.4 is 21.9 Å². The largest absolute Gasteiger partial charge is 0.490 e. The molecule has 1 aromatic carbocycles. The van der Waals surface area contributed by atoms with Gasteiger partial charge >= 0.3 is 10.4 Å². The van der Waals surface area contributed by atoms with Crippen LogP contribution in [0.4, 0.5) is 5.13 Å². The SMILES string of the molecule is CC1(C)C(CC(=O)/C(=N\OCCOc2ccc(C(N)=NCCN)cc2)c2csc(N)n2)C(=O)N1OS(=O)(=O)O. The summed E-state index contributed by atoms with van der Waals surface area (Å²) in [6, 6.07) is 6.92. The number of rotatable bonds is 14. The molecule has 39 heavy (non-hydrogen) atoms. The maximum absolute atomic E-state index is 13.1. The molecule has 0 spiro atoms. The third-order valence-corrected chi connectivity index (χ3v) is 6.63. The van der Waals surface area contributed by atoms with Crippen molar-refractivity contribution in [2.24, 2.45) is 27.5 Å². The van der Waals surface area contributed by atoms with Crippen LogP contribution >= 0.6 is 11.3 Å². The Morgan fingerprint density at radius 2 is 1.95 bits per heavy atom. The molecular weight excluding hydrogens is 554 g/mol. The Morgan fingerprint density at radius 3 is 2.51 bits per heavy atom. The first kappa shape index (κ1) is 29.9. The summed E-state index contributed by atoms with van der Waals surface area (Å²) in [6.07, 6.45) is -0.350. The number of amides is 1. The van der Waals surface area contributed by atoms with Crippen LogP contribution in [0.15, 0.2) is 39.8 Å². The number of amidine groups is 1. The number of aromatic nitrogens is 1. The van der Waals surface area contributed by atoms with E-state index in [1.807, 2.05) is 0 Å². The number of benzene rings is 1. The Labute approximate surface area is 228 Å². The van der Waals surface area contributed by atoms with Crippen LogP contribution in [0.3, 0.4) is 0 Å². The molecule has 1 saturated heterocycles. The molecule has 1 atom stereocenters. The summed E-state index contributed by atoms with van der Waals surface area (Å²) in [6.45, 7) is 3.86. The van der Waals surface area contributed by atoms with Crippen LogP contribution in [-0.2, 0) is 29.1 Å². The number of carbonyl (C=O) groups excluding carboxylic acids is 2. The number of hydroxylamine groups is 2. The van der Waals surface area contributed by atoms with Gasteiger partial charge in [0.25, 0.3) is 5.91 Å². The summed E-state index contributed by atoms with van der Waals surface area (Å²) in [5.41, 5.74) is 16.5. The summed E-state index contributed by atoms with van der Waals surface area (Å²) in [4.78, 5) is 39.0. The molecule has 2 aromatic rings. The van der Waals surface area contributed by atoms with Crippen molar-refractivity contribution in [2.45, 2.75) is 25.8 Å². The number of β-lactam (4-membered cyclic amide) rings is 1. The van der Waals surface area contributed by atoms with Gasteiger partial charge in [0.15, 0.2) is 23.2 Å². The predicted molar refractivity (Wildman–Crippen MR) is 142 cm³/mol. The van der Waals surface area contributed by atoms with Gasteiger partial charge in [0.2, 0.25) is 0 Å². The van der Waals surface area contributed by atoms with Crippen molar-refractivity contribution in [2.75, 3.05) is 32.0 Å². The number of ether oxygens (including phenoxy) is 1. The monoisotopic (exact) mass is 583 g/mol. The summed E-state index contributed by atoms with van der Waals surface area (Å²) >= 11 is 1.08. The highest BCUT2D eigenvalue weighted by molar-refractivity contribution is 7.80. The molecule has 0 bridgehead atoms. The fourth-order valence-electron chi connectivity index (χ4n) is 3.59. The predicted octanol–water partition coefficient (Wildman–Crippen LogP) is 0.120. The van der Waals surface area contributed by atoms with Gasteiger partial charge in [-0.2, -0.15) is 13.5 Å². The van der Waals surface area contributed by atoms with E-state index in [1.54, 1.807) is 24.3 Å². The van der Waals surface area contributed by atoms with E-state index in [0.717, 1.165) is 16.9 Å². The Bertz CT molecular complexity index is 1360. The molecule has 17 heteroatoms. The lowest BCUT2D eigenvalue weighted by Gasteiger charge is -2.50. The van der Waals surface area contributed by atoms with Crippen molar-refractivity contribution in [3.05, 3.63) is 40.9 Å². The molecule has 3 rings (SSSR count). The van der Waals surface area contributed by atoms with E-state index in [2.05, 4.69) is 19.4 Å². The molecule has 1 fully saturated rings. The molecule has 0 aliphatic carbocycles. The van der Waals surface area contributed by atoms with Crippen LogP contribution in [0.5, 0.6) is 5.75 Å². The zero-order valence-electron chi connectivity index (χ0n) is 21.1. The second kappa shape index (κ2) is 12.5. The van der Waals surface area contributed by atoms with Crippen molar-refractivity contribution in [3.63, 3.8) is 0 Å². The second-order valence-electron chi connectivity index (χ2n) is 8.74. The molecule has 0 radical (unpaired) electrons. The first-order valence-corrected chi connectivity index (χ1v) is 13.8. The zero-order valence-corrected chi connectivity index (χ0v) is 22.8. The van der Waals surface area contributed by atoms with Crippen molar-refractivity contribution >= 4 is 50.1 Å². The van der Waals surface area contributed by atoms with E-state index >= 15 is 0 Å². The molecule has 15 nitrogen and oxygen atoms in total. The maximum Gasteiger partial charge on any atom is 0.418 e. The van der Waals surface area contributed by atoms with Gasteiger partial charge < -0.3 is 26.8 Å². The van der Waals surface area contributed by atoms with Gasteiger partial charge in [-0.25, -0.2) is 4.98 Å². The van der Waals surface area contributed by atoms with Gasteiger partial charge in [0, 0.05) is 23.9 Å². The minimum Gasteiger partial charge on any atom is -0.490 e. The van der Waals surface area contributed by atoms with Crippen LogP contribution in [0.2, 0.25) is 0 Å². The highest BCUT2D eigenvalue weighted by Gasteiger charge is 2.57. The number of Topliss-reactive ketones (excluding diaryl/α,β-unsaturated/α-hetero) is 1. The Balaban J connectivity index is 1.61. The van der Waals surface area contributed by atoms with Crippen LogP contribution in [0, 0.1) is 5.92 Å². The van der Waals surface area contributed by atoms with Crippen LogP contribution in [0.25, 0.3) is 0 Å². The summed E-state index contributed by atoms with van der Waals surface area (Å²) in [5, 5.41) is 6.11. The van der Waals surface area contributed by atoms with E-state index in [-0.39, 0.29) is 36.2 Å². The normalized spacial score (nSPS) is 17.6. The van der Waals surface area contributed by atoms with Crippen molar-refractivity contribution in [1.82, 2.24) is 10.0 Å². The topological polar surface area (TPSA) is 235 Å². The first-order chi connectivity index (χ1) is 18.3. The summed E-state index contributed by atoms with van der Waals surface area (Å²) in [7, 11) is -4.92. The van der Waals surface area contributed by atoms with E-state index < -0.39 is 33.5 Å². The zero-order chi connectivity index (χ0) is 28.8. The molecule has 0 saturated carbocycles. The molecule has 2 heterocycles. The van der Waals surface area contributed by atoms with Crippen LogP contribution in [0.1, 0.15) is 31.5 Å². The fourth-order valence-corrected chi connectivity index (χ4v) is 4.59. The van der Waals surface area contributed by atoms with E-state index in [1.165, 1.54) is 19.2 Å². The lowest BCUT2D eigenvalue weighted by atomic mass is 9.74. The highest BCUT2D eigenvalue weighted by atomic mass is 32.3. The number of oxime groups is 1. The van der Waals surface area contributed by atoms with Gasteiger partial charge in [-0.1, -0.05) is 5.16 Å². The average Bonchev–Trinajstić information content (AvgIpc) is 3.31. The number of thiazole rings is 1. The number of nitrogen functional groups attached to an aromatic ring is 1. The minimum absolute atomic E-state index is 0.0257. The van der Waals surface area contributed by atoms with Gasteiger partial charge in [-0.3, -0.25) is 19.1 Å². The number of nitrogens with two attached hydrogens (primary N) is 3. The van der Waals surface area contributed by atoms with E-state index in [9.17, 15) is 18.0 Å². The minimum atomic E-state index is -4.92. The lowest BCUT2D eigenvalue weighted by Crippen LogP contribution is -2.68. The summed E-state index contributed by atoms with van der Waals surface area (Å²) < 4.78 is 40.9. The number of anilines is 1. The first-order valence-electron chi connectivity index (χ1n) is 11.5. The van der Waals surface area contributed by atoms with E-state index in [4.69, 9.17) is 31.3 Å². The molecule has 212 valence electrons. The molecule has 1 amide bonds. The fraction of sp³-hybridized carbons (Fsp3) is 0.409. The number of nitrogens with zero attached hydrogens (tertiary/aromatic N) is 4.